The van der Waals surface area contributed by atoms with E-state index in [0.29, 0.717) is 18.2 Å². The Morgan fingerprint density at radius 2 is 1.86 bits per heavy atom. The lowest BCUT2D eigenvalue weighted by Gasteiger charge is -2.10. The van der Waals surface area contributed by atoms with Crippen LogP contribution in [0.2, 0.25) is 0 Å². The highest BCUT2D eigenvalue weighted by molar-refractivity contribution is 6.17. The lowest BCUT2D eigenvalue weighted by molar-refractivity contribution is 0.298. The van der Waals surface area contributed by atoms with Crippen LogP contribution in [0.1, 0.15) is 17.1 Å². The van der Waals surface area contributed by atoms with Gasteiger partial charge in [-0.25, -0.2) is 4.98 Å². The number of aromatic nitrogens is 2. The second kappa shape index (κ2) is 6.10. The molecule has 3 rings (SSSR count). The van der Waals surface area contributed by atoms with Crippen molar-refractivity contribution in [1.29, 1.82) is 0 Å². The van der Waals surface area contributed by atoms with E-state index in [-0.39, 0.29) is 0 Å². The average molecular weight is 299 g/mol. The summed E-state index contributed by atoms with van der Waals surface area (Å²) in [6.45, 7) is 2.34. The summed E-state index contributed by atoms with van der Waals surface area (Å²) in [7, 11) is 0. The first kappa shape index (κ1) is 13.8. The molecular formula is C17H15ClN2O. The third kappa shape index (κ3) is 3.14. The molecule has 21 heavy (non-hydrogen) atoms. The van der Waals surface area contributed by atoms with E-state index in [4.69, 9.17) is 16.3 Å². The van der Waals surface area contributed by atoms with Gasteiger partial charge in [-0.3, -0.25) is 4.98 Å². The first-order valence-electron chi connectivity index (χ1n) is 6.76. The molecule has 3 aromatic rings. The van der Waals surface area contributed by atoms with Gasteiger partial charge in [0.1, 0.15) is 12.4 Å². The van der Waals surface area contributed by atoms with Crippen LogP contribution >= 0.6 is 11.6 Å². The molecular weight excluding hydrogens is 284 g/mol. The van der Waals surface area contributed by atoms with E-state index in [1.54, 1.807) is 0 Å². The SMILES string of the molecule is Cc1ccc(OCc2ccc3ccccc3n2)c(CCl)n1. The van der Waals surface area contributed by atoms with E-state index in [0.717, 1.165) is 28.0 Å². The summed E-state index contributed by atoms with van der Waals surface area (Å²) in [5.41, 5.74) is 3.55. The van der Waals surface area contributed by atoms with E-state index in [2.05, 4.69) is 16.0 Å². The summed E-state index contributed by atoms with van der Waals surface area (Å²) in [5, 5.41) is 1.12. The highest BCUT2D eigenvalue weighted by Gasteiger charge is 2.06. The van der Waals surface area contributed by atoms with Crippen LogP contribution in [0.15, 0.2) is 48.5 Å². The van der Waals surface area contributed by atoms with Crippen molar-refractivity contribution in [2.24, 2.45) is 0 Å². The minimum absolute atomic E-state index is 0.335. The van der Waals surface area contributed by atoms with Crippen LogP contribution in [-0.4, -0.2) is 9.97 Å². The number of benzene rings is 1. The summed E-state index contributed by atoms with van der Waals surface area (Å²) >= 11 is 5.91. The molecule has 0 unspecified atom stereocenters. The zero-order chi connectivity index (χ0) is 14.7. The molecule has 1 aromatic carbocycles. The molecule has 0 aliphatic rings. The number of pyridine rings is 2. The van der Waals surface area contributed by atoms with Crippen molar-refractivity contribution in [1.82, 2.24) is 9.97 Å². The van der Waals surface area contributed by atoms with Crippen molar-refractivity contribution in [2.45, 2.75) is 19.4 Å². The van der Waals surface area contributed by atoms with Crippen LogP contribution in [0, 0.1) is 6.92 Å². The minimum Gasteiger partial charge on any atom is -0.485 e. The molecule has 0 saturated carbocycles. The number of halogens is 1. The molecule has 0 N–H and O–H groups in total. The van der Waals surface area contributed by atoms with Gasteiger partial charge in [-0.15, -0.1) is 11.6 Å². The summed E-state index contributed by atoms with van der Waals surface area (Å²) in [5.74, 6) is 1.05. The van der Waals surface area contributed by atoms with Gasteiger partial charge in [0, 0.05) is 11.1 Å². The van der Waals surface area contributed by atoms with Crippen LogP contribution in [0.4, 0.5) is 0 Å². The van der Waals surface area contributed by atoms with E-state index >= 15 is 0 Å². The molecule has 0 radical (unpaired) electrons. The Balaban J connectivity index is 1.80. The van der Waals surface area contributed by atoms with Crippen LogP contribution < -0.4 is 4.74 Å². The van der Waals surface area contributed by atoms with Gasteiger partial charge in [0.05, 0.1) is 22.8 Å². The molecule has 0 bridgehead atoms. The number of para-hydroxylation sites is 1. The molecule has 0 atom stereocenters. The lowest BCUT2D eigenvalue weighted by atomic mass is 10.2. The topological polar surface area (TPSA) is 35.0 Å². The number of hydrogen-bond acceptors (Lipinski definition) is 3. The van der Waals surface area contributed by atoms with Crippen molar-refractivity contribution in [3.05, 3.63) is 65.6 Å². The van der Waals surface area contributed by atoms with E-state index < -0.39 is 0 Å². The Hall–Kier alpha value is -2.13. The van der Waals surface area contributed by atoms with Gasteiger partial charge < -0.3 is 4.74 Å². The van der Waals surface area contributed by atoms with E-state index in [9.17, 15) is 0 Å². The summed E-state index contributed by atoms with van der Waals surface area (Å²) < 4.78 is 5.81. The quantitative estimate of drug-likeness (QED) is 0.675. The van der Waals surface area contributed by atoms with E-state index in [1.165, 1.54) is 0 Å². The number of nitrogens with zero attached hydrogens (tertiary/aromatic N) is 2. The largest absolute Gasteiger partial charge is 0.485 e. The molecule has 4 heteroatoms. The monoisotopic (exact) mass is 298 g/mol. The molecule has 0 aliphatic heterocycles. The Labute approximate surface area is 128 Å². The first-order valence-corrected chi connectivity index (χ1v) is 7.29. The first-order chi connectivity index (χ1) is 10.3. The number of aryl methyl sites for hydroxylation is 1. The van der Waals surface area contributed by atoms with Gasteiger partial charge in [-0.05, 0) is 31.2 Å². The fourth-order valence-electron chi connectivity index (χ4n) is 2.17. The predicted octanol–water partition coefficient (Wildman–Crippen LogP) is 4.26. The maximum Gasteiger partial charge on any atom is 0.142 e. The summed E-state index contributed by atoms with van der Waals surface area (Å²) in [4.78, 5) is 8.96. The van der Waals surface area contributed by atoms with Gasteiger partial charge in [0.15, 0.2) is 0 Å². The minimum atomic E-state index is 0.335. The van der Waals surface area contributed by atoms with Crippen molar-refractivity contribution < 1.29 is 4.74 Å². The van der Waals surface area contributed by atoms with Crippen molar-refractivity contribution in [3.8, 4) is 5.75 Å². The second-order valence-corrected chi connectivity index (χ2v) is 5.08. The molecule has 0 spiro atoms. The molecule has 0 aliphatic carbocycles. The highest BCUT2D eigenvalue weighted by atomic mass is 35.5. The Morgan fingerprint density at radius 1 is 1.00 bits per heavy atom. The molecule has 0 saturated heterocycles. The molecule has 0 fully saturated rings. The Morgan fingerprint density at radius 3 is 2.71 bits per heavy atom. The van der Waals surface area contributed by atoms with Crippen LogP contribution in [0.25, 0.3) is 10.9 Å². The molecule has 3 nitrogen and oxygen atoms in total. The summed E-state index contributed by atoms with van der Waals surface area (Å²) in [6.07, 6.45) is 0. The summed E-state index contributed by atoms with van der Waals surface area (Å²) in [6, 6.07) is 15.9. The zero-order valence-corrected chi connectivity index (χ0v) is 12.5. The predicted molar refractivity (Wildman–Crippen MR) is 84.6 cm³/mol. The Bertz CT molecular complexity index is 774. The normalized spacial score (nSPS) is 10.8. The average Bonchev–Trinajstić information content (AvgIpc) is 2.53. The fraction of sp³-hybridized carbons (Fsp3) is 0.176. The van der Waals surface area contributed by atoms with Crippen LogP contribution in [0.3, 0.4) is 0 Å². The molecule has 2 aromatic heterocycles. The molecule has 0 amide bonds. The maximum absolute atomic E-state index is 5.91. The highest BCUT2D eigenvalue weighted by Crippen LogP contribution is 2.20. The second-order valence-electron chi connectivity index (χ2n) is 4.82. The van der Waals surface area contributed by atoms with Crippen LogP contribution in [0.5, 0.6) is 5.75 Å². The zero-order valence-electron chi connectivity index (χ0n) is 11.7. The third-order valence-corrected chi connectivity index (χ3v) is 3.48. The number of hydrogen-bond donors (Lipinski definition) is 0. The number of fused-ring (bicyclic) bond motifs is 1. The number of rotatable bonds is 4. The Kier molecular flexibility index (Phi) is 4.02. The van der Waals surface area contributed by atoms with Crippen molar-refractivity contribution >= 4 is 22.5 Å². The van der Waals surface area contributed by atoms with Gasteiger partial charge in [-0.1, -0.05) is 24.3 Å². The van der Waals surface area contributed by atoms with Crippen molar-refractivity contribution in [2.75, 3.05) is 0 Å². The van der Waals surface area contributed by atoms with Gasteiger partial charge in [0.25, 0.3) is 0 Å². The van der Waals surface area contributed by atoms with Gasteiger partial charge in [-0.2, -0.15) is 0 Å². The fourth-order valence-corrected chi connectivity index (χ4v) is 2.36. The maximum atomic E-state index is 5.91. The van der Waals surface area contributed by atoms with Gasteiger partial charge in [0.2, 0.25) is 0 Å². The third-order valence-electron chi connectivity index (χ3n) is 3.23. The van der Waals surface area contributed by atoms with E-state index in [1.807, 2.05) is 49.4 Å². The smallest absolute Gasteiger partial charge is 0.142 e. The van der Waals surface area contributed by atoms with Gasteiger partial charge >= 0.3 is 0 Å². The number of alkyl halides is 1. The van der Waals surface area contributed by atoms with Crippen molar-refractivity contribution in [3.63, 3.8) is 0 Å². The number of ether oxygens (including phenoxy) is 1. The van der Waals surface area contributed by atoms with Crippen LogP contribution in [-0.2, 0) is 12.5 Å². The molecule has 2 heterocycles. The standard InChI is InChI=1S/C17H15ClN2O/c1-12-6-9-17(16(10-18)19-12)21-11-14-8-7-13-4-2-3-5-15(13)20-14/h2-9H,10-11H2,1H3. The lowest BCUT2D eigenvalue weighted by Crippen LogP contribution is -2.02. The molecule has 106 valence electrons.